The number of para-hydroxylation sites is 1. The van der Waals surface area contributed by atoms with E-state index in [1.54, 1.807) is 41.5 Å². The Morgan fingerprint density at radius 3 is 2.50 bits per heavy atom. The first-order chi connectivity index (χ1) is 11.5. The summed E-state index contributed by atoms with van der Waals surface area (Å²) >= 11 is 13.9. The van der Waals surface area contributed by atoms with Gasteiger partial charge in [0, 0.05) is 17.1 Å². The van der Waals surface area contributed by atoms with E-state index >= 15 is 0 Å². The third-order valence-corrected chi connectivity index (χ3v) is 5.95. The van der Waals surface area contributed by atoms with Crippen LogP contribution in [-0.4, -0.2) is 22.8 Å². The monoisotopic (exact) mass is 378 g/mol. The average Bonchev–Trinajstić information content (AvgIpc) is 3.00. The van der Waals surface area contributed by atoms with Crippen molar-refractivity contribution < 1.29 is 4.79 Å². The van der Waals surface area contributed by atoms with Crippen LogP contribution in [0, 0.1) is 0 Å². The van der Waals surface area contributed by atoms with E-state index < -0.39 is 0 Å². The molecule has 3 rings (SSSR count). The zero-order valence-corrected chi connectivity index (χ0v) is 15.6. The lowest BCUT2D eigenvalue weighted by atomic mass is 10.1. The molecule has 24 heavy (non-hydrogen) atoms. The van der Waals surface area contributed by atoms with Crippen LogP contribution in [0.25, 0.3) is 10.2 Å². The van der Waals surface area contributed by atoms with E-state index in [1.807, 2.05) is 31.2 Å². The molecule has 1 heterocycles. The van der Waals surface area contributed by atoms with Gasteiger partial charge in [-0.1, -0.05) is 41.4 Å². The Labute approximate surface area is 154 Å². The van der Waals surface area contributed by atoms with Gasteiger partial charge < -0.3 is 4.90 Å². The molecule has 0 saturated carbocycles. The minimum absolute atomic E-state index is 0.0447. The molecule has 0 radical (unpaired) electrons. The van der Waals surface area contributed by atoms with Gasteiger partial charge in [0.1, 0.15) is 5.01 Å². The number of rotatable bonds is 4. The summed E-state index contributed by atoms with van der Waals surface area (Å²) in [5, 5.41) is 1.94. The van der Waals surface area contributed by atoms with Gasteiger partial charge in [-0.25, -0.2) is 4.98 Å². The minimum Gasteiger partial charge on any atom is -0.336 e. The summed E-state index contributed by atoms with van der Waals surface area (Å²) in [5.41, 5.74) is 1.62. The van der Waals surface area contributed by atoms with Gasteiger partial charge in [-0.3, -0.25) is 4.79 Å². The van der Waals surface area contributed by atoms with Gasteiger partial charge >= 0.3 is 0 Å². The van der Waals surface area contributed by atoms with Crippen LogP contribution in [0.5, 0.6) is 0 Å². The Kier molecular flexibility index (Phi) is 5.09. The fourth-order valence-electron chi connectivity index (χ4n) is 2.43. The van der Waals surface area contributed by atoms with E-state index in [0.29, 0.717) is 15.6 Å². The number of aromatic nitrogens is 1. The second kappa shape index (κ2) is 7.09. The highest BCUT2D eigenvalue weighted by atomic mass is 35.5. The SMILES string of the molecule is C[C@@H](c1nc2ccccc2s1)N(C)C(=O)Cc1c(Cl)cccc1Cl. The molecule has 1 atom stereocenters. The molecule has 1 amide bonds. The second-order valence-electron chi connectivity index (χ2n) is 5.58. The van der Waals surface area contributed by atoms with Crippen LogP contribution in [0.15, 0.2) is 42.5 Å². The van der Waals surface area contributed by atoms with Crippen molar-refractivity contribution >= 4 is 50.7 Å². The number of carbonyl (C=O) groups excluding carboxylic acids is 1. The number of carbonyl (C=O) groups is 1. The molecule has 0 spiro atoms. The van der Waals surface area contributed by atoms with Crippen molar-refractivity contribution in [3.05, 3.63) is 63.1 Å². The molecule has 0 aliphatic heterocycles. The lowest BCUT2D eigenvalue weighted by Gasteiger charge is -2.23. The van der Waals surface area contributed by atoms with E-state index in [1.165, 1.54) is 0 Å². The van der Waals surface area contributed by atoms with Crippen molar-refractivity contribution in [1.82, 2.24) is 9.88 Å². The van der Waals surface area contributed by atoms with Crippen LogP contribution in [0.2, 0.25) is 10.0 Å². The maximum atomic E-state index is 12.6. The number of nitrogens with zero attached hydrogens (tertiary/aromatic N) is 2. The van der Waals surface area contributed by atoms with Crippen molar-refractivity contribution in [1.29, 1.82) is 0 Å². The summed E-state index contributed by atoms with van der Waals surface area (Å²) in [6.07, 6.45) is 0.171. The highest BCUT2D eigenvalue weighted by molar-refractivity contribution is 7.18. The maximum absolute atomic E-state index is 12.6. The van der Waals surface area contributed by atoms with Crippen LogP contribution in [-0.2, 0) is 11.2 Å². The standard InChI is InChI=1S/C18H16Cl2N2OS/c1-11(18-21-15-8-3-4-9-16(15)24-18)22(2)17(23)10-12-13(19)6-5-7-14(12)20/h3-9,11H,10H2,1-2H3/t11-/m0/s1. The number of hydrogen-bond acceptors (Lipinski definition) is 3. The van der Waals surface area contributed by atoms with Crippen LogP contribution < -0.4 is 0 Å². The molecule has 0 unspecified atom stereocenters. The number of thiazole rings is 1. The van der Waals surface area contributed by atoms with Crippen molar-refractivity contribution in [3.8, 4) is 0 Å². The van der Waals surface area contributed by atoms with Crippen molar-refractivity contribution in [2.45, 2.75) is 19.4 Å². The smallest absolute Gasteiger partial charge is 0.227 e. The Balaban J connectivity index is 1.79. The van der Waals surface area contributed by atoms with E-state index in [9.17, 15) is 4.79 Å². The summed E-state index contributed by atoms with van der Waals surface area (Å²) < 4.78 is 1.12. The summed E-state index contributed by atoms with van der Waals surface area (Å²) in [7, 11) is 1.78. The zero-order valence-electron chi connectivity index (χ0n) is 13.3. The maximum Gasteiger partial charge on any atom is 0.227 e. The summed E-state index contributed by atoms with van der Waals surface area (Å²) in [5.74, 6) is -0.0447. The highest BCUT2D eigenvalue weighted by Crippen LogP contribution is 2.30. The van der Waals surface area contributed by atoms with Gasteiger partial charge in [-0.15, -0.1) is 11.3 Å². The number of likely N-dealkylation sites (N-methyl/N-ethyl adjacent to an activating group) is 1. The number of hydrogen-bond donors (Lipinski definition) is 0. The van der Waals surface area contributed by atoms with Crippen LogP contribution >= 0.6 is 34.5 Å². The number of benzene rings is 2. The lowest BCUT2D eigenvalue weighted by molar-refractivity contribution is -0.131. The van der Waals surface area contributed by atoms with Gasteiger partial charge in [0.05, 0.1) is 22.7 Å². The first kappa shape index (κ1) is 17.2. The molecule has 3 aromatic rings. The third kappa shape index (κ3) is 3.41. The molecule has 0 N–H and O–H groups in total. The molecule has 6 heteroatoms. The molecule has 0 fully saturated rings. The van der Waals surface area contributed by atoms with Crippen molar-refractivity contribution in [2.24, 2.45) is 0 Å². The lowest BCUT2D eigenvalue weighted by Crippen LogP contribution is -2.31. The predicted molar refractivity (Wildman–Crippen MR) is 101 cm³/mol. The molecular formula is C18H16Cl2N2OS. The van der Waals surface area contributed by atoms with E-state index in [4.69, 9.17) is 23.2 Å². The first-order valence-electron chi connectivity index (χ1n) is 7.51. The molecule has 2 aromatic carbocycles. The van der Waals surface area contributed by atoms with Crippen molar-refractivity contribution in [2.75, 3.05) is 7.05 Å². The molecular weight excluding hydrogens is 363 g/mol. The highest BCUT2D eigenvalue weighted by Gasteiger charge is 2.22. The molecule has 0 bridgehead atoms. The molecule has 0 aliphatic carbocycles. The second-order valence-corrected chi connectivity index (χ2v) is 7.45. The van der Waals surface area contributed by atoms with E-state index in [0.717, 1.165) is 15.2 Å². The largest absolute Gasteiger partial charge is 0.336 e. The van der Waals surface area contributed by atoms with Gasteiger partial charge in [0.25, 0.3) is 0 Å². The Hall–Kier alpha value is -1.62. The first-order valence-corrected chi connectivity index (χ1v) is 9.08. The van der Waals surface area contributed by atoms with E-state index in [2.05, 4.69) is 4.98 Å². The average molecular weight is 379 g/mol. The predicted octanol–water partition coefficient (Wildman–Crippen LogP) is 5.37. The Morgan fingerprint density at radius 2 is 1.83 bits per heavy atom. The molecule has 1 aromatic heterocycles. The Bertz CT molecular complexity index is 840. The van der Waals surface area contributed by atoms with E-state index in [-0.39, 0.29) is 18.4 Å². The zero-order chi connectivity index (χ0) is 17.3. The molecule has 0 saturated heterocycles. The van der Waals surface area contributed by atoms with Gasteiger partial charge in [0.15, 0.2) is 0 Å². The Morgan fingerprint density at radius 1 is 1.17 bits per heavy atom. The minimum atomic E-state index is -0.115. The fraction of sp³-hybridized carbons (Fsp3) is 0.222. The molecule has 124 valence electrons. The van der Waals surface area contributed by atoms with Gasteiger partial charge in [-0.05, 0) is 36.8 Å². The number of amides is 1. The van der Waals surface area contributed by atoms with Gasteiger partial charge in [0.2, 0.25) is 5.91 Å². The topological polar surface area (TPSA) is 33.2 Å². The quantitative estimate of drug-likeness (QED) is 0.611. The van der Waals surface area contributed by atoms with Crippen molar-refractivity contribution in [3.63, 3.8) is 0 Å². The summed E-state index contributed by atoms with van der Waals surface area (Å²) in [6, 6.07) is 13.1. The molecule has 3 nitrogen and oxygen atoms in total. The normalized spacial score (nSPS) is 12.3. The third-order valence-electron chi connectivity index (χ3n) is 4.03. The molecule has 0 aliphatic rings. The van der Waals surface area contributed by atoms with Crippen LogP contribution in [0.1, 0.15) is 23.5 Å². The number of fused-ring (bicyclic) bond motifs is 1. The summed E-state index contributed by atoms with van der Waals surface area (Å²) in [4.78, 5) is 19.0. The number of halogens is 2. The van der Waals surface area contributed by atoms with Crippen LogP contribution in [0.3, 0.4) is 0 Å². The fourth-order valence-corrected chi connectivity index (χ4v) is 4.02. The van der Waals surface area contributed by atoms with Gasteiger partial charge in [-0.2, -0.15) is 0 Å². The summed E-state index contributed by atoms with van der Waals surface area (Å²) in [6.45, 7) is 1.98. The van der Waals surface area contributed by atoms with Crippen LogP contribution in [0.4, 0.5) is 0 Å².